The summed E-state index contributed by atoms with van der Waals surface area (Å²) in [6.45, 7) is 7.26. The number of nitrogens with zero attached hydrogens (tertiary/aromatic N) is 4. The van der Waals surface area contributed by atoms with Crippen LogP contribution >= 0.6 is 0 Å². The van der Waals surface area contributed by atoms with Gasteiger partial charge in [0.15, 0.2) is 0 Å². The van der Waals surface area contributed by atoms with E-state index in [0.29, 0.717) is 24.4 Å². The van der Waals surface area contributed by atoms with Crippen LogP contribution in [0.3, 0.4) is 0 Å². The van der Waals surface area contributed by atoms with Gasteiger partial charge in [-0.3, -0.25) is 4.90 Å². The second-order valence-electron chi connectivity index (χ2n) is 10.8. The minimum atomic E-state index is -4.54. The molecule has 8 nitrogen and oxygen atoms in total. The van der Waals surface area contributed by atoms with E-state index in [4.69, 9.17) is 14.5 Å². The van der Waals surface area contributed by atoms with Crippen LogP contribution in [-0.2, 0) is 6.18 Å². The van der Waals surface area contributed by atoms with E-state index in [1.807, 2.05) is 36.4 Å². The van der Waals surface area contributed by atoms with Gasteiger partial charge in [0.25, 0.3) is 0 Å². The Labute approximate surface area is 247 Å². The van der Waals surface area contributed by atoms with Gasteiger partial charge in [0.05, 0.1) is 23.3 Å². The summed E-state index contributed by atoms with van der Waals surface area (Å²) in [5.41, 5.74) is 4.53. The van der Waals surface area contributed by atoms with Crippen LogP contribution < -0.4 is 14.4 Å². The summed E-state index contributed by atoms with van der Waals surface area (Å²) in [5.74, 6) is 1.02. The molecule has 1 saturated heterocycles. The first-order valence-corrected chi connectivity index (χ1v) is 14.8. The second kappa shape index (κ2) is 12.5. The molecule has 6 rings (SSSR count). The Morgan fingerprint density at radius 1 is 0.791 bits per heavy atom. The smallest absolute Gasteiger partial charge is 0.449 e. The molecule has 0 bridgehead atoms. The standard InChI is InChI=1S/C32H35F3N6O2/c1-2-3-4-20-42-23-13-11-22(12-14-23)30-36-24-7-5-9-26(28(24)38-30)41-17-15-40(16-18-41)19-21-43-27-10-6-8-25-29(27)39-31(37-25)32(33,34)35/h5-14H,2-4,15-21H2,1H3,(H,36,38)(H,37,39). The summed E-state index contributed by atoms with van der Waals surface area (Å²) < 4.78 is 51.0. The van der Waals surface area contributed by atoms with Gasteiger partial charge in [0, 0.05) is 38.3 Å². The molecule has 3 aromatic carbocycles. The zero-order valence-electron chi connectivity index (χ0n) is 24.1. The summed E-state index contributed by atoms with van der Waals surface area (Å²) in [6.07, 6.45) is -1.13. The van der Waals surface area contributed by atoms with Gasteiger partial charge in [-0.05, 0) is 55.0 Å². The van der Waals surface area contributed by atoms with Crippen LogP contribution in [0.5, 0.6) is 11.5 Å². The number of ether oxygens (including phenoxy) is 2. The number of halogens is 3. The molecule has 1 aliphatic heterocycles. The van der Waals surface area contributed by atoms with Crippen molar-refractivity contribution in [3.05, 3.63) is 66.5 Å². The molecular weight excluding hydrogens is 557 g/mol. The van der Waals surface area contributed by atoms with E-state index in [2.05, 4.69) is 37.7 Å². The zero-order valence-corrected chi connectivity index (χ0v) is 24.1. The van der Waals surface area contributed by atoms with Crippen molar-refractivity contribution < 1.29 is 22.6 Å². The van der Waals surface area contributed by atoms with Gasteiger partial charge >= 0.3 is 6.18 Å². The monoisotopic (exact) mass is 592 g/mol. The lowest BCUT2D eigenvalue weighted by Gasteiger charge is -2.36. The molecule has 2 N–H and O–H groups in total. The Kier molecular flexibility index (Phi) is 8.42. The number of aromatic amines is 2. The van der Waals surface area contributed by atoms with Gasteiger partial charge in [-0.1, -0.05) is 31.9 Å². The van der Waals surface area contributed by atoms with Crippen LogP contribution in [0.1, 0.15) is 32.0 Å². The Bertz CT molecular complexity index is 1660. The Balaban J connectivity index is 1.05. The number of alkyl halides is 3. The number of H-pyrrole nitrogens is 2. The summed E-state index contributed by atoms with van der Waals surface area (Å²) in [4.78, 5) is 19.1. The number of aromatic nitrogens is 4. The normalized spacial score (nSPS) is 14.6. The van der Waals surface area contributed by atoms with Gasteiger partial charge in [-0.15, -0.1) is 0 Å². The number of hydrogen-bond acceptors (Lipinski definition) is 6. The fourth-order valence-corrected chi connectivity index (χ4v) is 5.41. The topological polar surface area (TPSA) is 82.3 Å². The van der Waals surface area contributed by atoms with E-state index >= 15 is 0 Å². The Morgan fingerprint density at radius 3 is 2.28 bits per heavy atom. The molecule has 0 amide bonds. The number of nitrogens with one attached hydrogen (secondary N) is 2. The third kappa shape index (κ3) is 6.56. The molecular formula is C32H35F3N6O2. The SMILES string of the molecule is CCCCCOc1ccc(-c2nc3c(N4CCN(CCOc5cccc6[nH]c(C(F)(F)F)nc56)CC4)cccc3[nH]2)cc1. The van der Waals surface area contributed by atoms with E-state index < -0.39 is 12.0 Å². The number of piperazine rings is 1. The highest BCUT2D eigenvalue weighted by atomic mass is 19.4. The first kappa shape index (κ1) is 28.9. The highest BCUT2D eigenvalue weighted by molar-refractivity contribution is 5.91. The van der Waals surface area contributed by atoms with E-state index in [1.165, 1.54) is 12.8 Å². The predicted molar refractivity (Wildman–Crippen MR) is 162 cm³/mol. The van der Waals surface area contributed by atoms with Gasteiger partial charge in [0.1, 0.15) is 35.0 Å². The molecule has 0 spiro atoms. The van der Waals surface area contributed by atoms with E-state index in [-0.39, 0.29) is 5.52 Å². The fourth-order valence-electron chi connectivity index (χ4n) is 5.41. The molecule has 0 atom stereocenters. The number of para-hydroxylation sites is 2. The lowest BCUT2D eigenvalue weighted by molar-refractivity contribution is -0.144. The van der Waals surface area contributed by atoms with Crippen molar-refractivity contribution in [3.8, 4) is 22.9 Å². The summed E-state index contributed by atoms with van der Waals surface area (Å²) in [6, 6.07) is 19.1. The van der Waals surface area contributed by atoms with Crippen LogP contribution in [0.15, 0.2) is 60.7 Å². The molecule has 226 valence electrons. The van der Waals surface area contributed by atoms with Crippen molar-refractivity contribution in [3.63, 3.8) is 0 Å². The molecule has 11 heteroatoms. The van der Waals surface area contributed by atoms with Crippen molar-refractivity contribution >= 4 is 27.8 Å². The highest BCUT2D eigenvalue weighted by Gasteiger charge is 2.35. The lowest BCUT2D eigenvalue weighted by Crippen LogP contribution is -2.47. The largest absolute Gasteiger partial charge is 0.494 e. The van der Waals surface area contributed by atoms with Crippen molar-refractivity contribution in [2.24, 2.45) is 0 Å². The first-order valence-electron chi connectivity index (χ1n) is 14.8. The van der Waals surface area contributed by atoms with Crippen molar-refractivity contribution in [2.75, 3.05) is 50.8 Å². The highest BCUT2D eigenvalue weighted by Crippen LogP contribution is 2.32. The molecule has 2 aromatic heterocycles. The number of fused-ring (bicyclic) bond motifs is 2. The number of unbranched alkanes of at least 4 members (excludes halogenated alkanes) is 2. The predicted octanol–water partition coefficient (Wildman–Crippen LogP) is 6.90. The molecule has 0 unspecified atom stereocenters. The van der Waals surface area contributed by atoms with Crippen molar-refractivity contribution in [1.82, 2.24) is 24.8 Å². The Hall–Kier alpha value is -4.25. The quantitative estimate of drug-likeness (QED) is 0.163. The number of benzene rings is 3. The van der Waals surface area contributed by atoms with Gasteiger partial charge in [-0.2, -0.15) is 13.2 Å². The minimum absolute atomic E-state index is 0.192. The maximum Gasteiger partial charge on any atom is 0.449 e. The third-order valence-corrected chi connectivity index (χ3v) is 7.76. The van der Waals surface area contributed by atoms with Gasteiger partial charge in [-0.25, -0.2) is 9.97 Å². The molecule has 0 aliphatic carbocycles. The van der Waals surface area contributed by atoms with Crippen LogP contribution in [-0.4, -0.2) is 70.8 Å². The van der Waals surface area contributed by atoms with Gasteiger partial charge < -0.3 is 24.3 Å². The number of hydrogen-bond donors (Lipinski definition) is 2. The second-order valence-corrected chi connectivity index (χ2v) is 10.8. The van der Waals surface area contributed by atoms with Crippen LogP contribution in [0.4, 0.5) is 18.9 Å². The number of imidazole rings is 2. The maximum atomic E-state index is 13.1. The summed E-state index contributed by atoms with van der Waals surface area (Å²) in [5, 5.41) is 0. The third-order valence-electron chi connectivity index (χ3n) is 7.76. The summed E-state index contributed by atoms with van der Waals surface area (Å²) >= 11 is 0. The fraction of sp³-hybridized carbons (Fsp3) is 0.375. The van der Waals surface area contributed by atoms with Crippen molar-refractivity contribution in [2.45, 2.75) is 32.4 Å². The van der Waals surface area contributed by atoms with Crippen LogP contribution in [0.25, 0.3) is 33.5 Å². The Morgan fingerprint density at radius 2 is 1.53 bits per heavy atom. The molecule has 1 fully saturated rings. The summed E-state index contributed by atoms with van der Waals surface area (Å²) in [7, 11) is 0. The number of anilines is 1. The van der Waals surface area contributed by atoms with Crippen LogP contribution in [0.2, 0.25) is 0 Å². The first-order chi connectivity index (χ1) is 20.9. The van der Waals surface area contributed by atoms with Crippen molar-refractivity contribution in [1.29, 1.82) is 0 Å². The van der Waals surface area contributed by atoms with E-state index in [9.17, 15) is 13.2 Å². The molecule has 0 saturated carbocycles. The van der Waals surface area contributed by atoms with E-state index in [0.717, 1.165) is 73.1 Å². The number of rotatable bonds is 11. The molecule has 5 aromatic rings. The van der Waals surface area contributed by atoms with Crippen LogP contribution in [0, 0.1) is 0 Å². The average Bonchev–Trinajstić information content (AvgIpc) is 3.66. The molecule has 0 radical (unpaired) electrons. The zero-order chi connectivity index (χ0) is 29.8. The molecule has 1 aliphatic rings. The van der Waals surface area contributed by atoms with Gasteiger partial charge in [0.2, 0.25) is 5.82 Å². The minimum Gasteiger partial charge on any atom is -0.494 e. The molecule has 43 heavy (non-hydrogen) atoms. The average molecular weight is 593 g/mol. The maximum absolute atomic E-state index is 13.1. The van der Waals surface area contributed by atoms with E-state index in [1.54, 1.807) is 18.2 Å². The molecule has 3 heterocycles. The lowest BCUT2D eigenvalue weighted by atomic mass is 10.2.